The van der Waals surface area contributed by atoms with Crippen LogP contribution in [0.15, 0.2) is 16.7 Å². The first-order valence-electron chi connectivity index (χ1n) is 3.72. The van der Waals surface area contributed by atoms with E-state index in [1.165, 1.54) is 0 Å². The van der Waals surface area contributed by atoms with Crippen LogP contribution < -0.4 is 5.73 Å². The van der Waals surface area contributed by atoms with Crippen LogP contribution in [0, 0.1) is 0 Å². The van der Waals surface area contributed by atoms with Crippen LogP contribution in [0.5, 0.6) is 0 Å². The van der Waals surface area contributed by atoms with Crippen molar-refractivity contribution in [3.63, 3.8) is 0 Å². The van der Waals surface area contributed by atoms with Gasteiger partial charge in [-0.05, 0) is 34.8 Å². The van der Waals surface area contributed by atoms with Gasteiger partial charge in [0, 0.05) is 21.8 Å². The molecule has 0 amide bonds. The highest BCUT2D eigenvalue weighted by molar-refractivity contribution is 9.10. The monoisotopic (exact) mass is 246 g/mol. The molecule has 1 heterocycles. The second-order valence-electron chi connectivity index (χ2n) is 3.15. The Morgan fingerprint density at radius 3 is 2.83 bits per heavy atom. The minimum Gasteiger partial charge on any atom is -0.321 e. The molecule has 0 unspecified atom stereocenters. The van der Waals surface area contributed by atoms with Crippen LogP contribution in [-0.2, 0) is 5.54 Å². The van der Waals surface area contributed by atoms with E-state index < -0.39 is 0 Å². The smallest absolute Gasteiger partial charge is 0.134 e. The molecule has 64 valence electrons. The zero-order valence-corrected chi connectivity index (χ0v) is 8.69. The molecule has 0 aromatic carbocycles. The molecule has 1 aliphatic rings. The number of aromatic nitrogens is 1. The van der Waals surface area contributed by atoms with E-state index >= 15 is 0 Å². The summed E-state index contributed by atoms with van der Waals surface area (Å²) in [6.07, 6.45) is 3.69. The molecule has 1 saturated carbocycles. The first-order chi connectivity index (χ1) is 5.62. The highest BCUT2D eigenvalue weighted by Crippen LogP contribution is 2.45. The van der Waals surface area contributed by atoms with Gasteiger partial charge in [-0.25, -0.2) is 4.98 Å². The third-order valence-electron chi connectivity index (χ3n) is 2.13. The summed E-state index contributed by atoms with van der Waals surface area (Å²) in [4.78, 5) is 4.02. The van der Waals surface area contributed by atoms with E-state index in [0.717, 1.165) is 22.9 Å². The second kappa shape index (κ2) is 2.69. The van der Waals surface area contributed by atoms with Crippen LogP contribution in [0.4, 0.5) is 0 Å². The van der Waals surface area contributed by atoms with Crippen molar-refractivity contribution in [3.8, 4) is 0 Å². The lowest BCUT2D eigenvalue weighted by Gasteiger charge is -2.10. The fraction of sp³-hybridized carbons (Fsp3) is 0.375. The van der Waals surface area contributed by atoms with Gasteiger partial charge in [0.25, 0.3) is 0 Å². The van der Waals surface area contributed by atoms with Crippen molar-refractivity contribution in [2.24, 2.45) is 5.73 Å². The van der Waals surface area contributed by atoms with Crippen LogP contribution in [0.25, 0.3) is 0 Å². The normalized spacial score (nSPS) is 19.2. The average molecular weight is 248 g/mol. The Labute approximate surface area is 84.3 Å². The van der Waals surface area contributed by atoms with Crippen LogP contribution in [0.1, 0.15) is 18.4 Å². The summed E-state index contributed by atoms with van der Waals surface area (Å²) < 4.78 is 0.929. The Kier molecular flexibility index (Phi) is 1.90. The van der Waals surface area contributed by atoms with Crippen molar-refractivity contribution in [1.29, 1.82) is 0 Å². The Bertz CT molecular complexity index is 323. The molecule has 2 N–H and O–H groups in total. The predicted molar refractivity (Wildman–Crippen MR) is 52.0 cm³/mol. The minimum absolute atomic E-state index is 0.201. The molecule has 1 aliphatic carbocycles. The van der Waals surface area contributed by atoms with E-state index in [2.05, 4.69) is 20.9 Å². The lowest BCUT2D eigenvalue weighted by molar-refractivity contribution is 0.734. The van der Waals surface area contributed by atoms with Gasteiger partial charge in [-0.2, -0.15) is 0 Å². The predicted octanol–water partition coefficient (Wildman–Crippen LogP) is 2.45. The Morgan fingerprint density at radius 1 is 1.58 bits per heavy atom. The topological polar surface area (TPSA) is 38.9 Å². The van der Waals surface area contributed by atoms with Gasteiger partial charge in [-0.15, -0.1) is 0 Å². The van der Waals surface area contributed by atoms with Crippen molar-refractivity contribution in [2.45, 2.75) is 18.4 Å². The van der Waals surface area contributed by atoms with Crippen molar-refractivity contribution in [1.82, 2.24) is 4.98 Å². The number of nitrogens with two attached hydrogens (primary N) is 1. The molecule has 4 heteroatoms. The number of hydrogen-bond acceptors (Lipinski definition) is 2. The number of pyridine rings is 1. The molecule has 0 atom stereocenters. The molecular formula is C8H8BrClN2. The molecular weight excluding hydrogens is 239 g/mol. The maximum absolute atomic E-state index is 5.99. The van der Waals surface area contributed by atoms with Gasteiger partial charge in [0.15, 0.2) is 0 Å². The molecule has 0 aliphatic heterocycles. The van der Waals surface area contributed by atoms with Crippen LogP contribution >= 0.6 is 27.5 Å². The van der Waals surface area contributed by atoms with Crippen molar-refractivity contribution >= 4 is 27.5 Å². The molecule has 12 heavy (non-hydrogen) atoms. The summed E-state index contributed by atoms with van der Waals surface area (Å²) in [6.45, 7) is 0. The summed E-state index contributed by atoms with van der Waals surface area (Å²) >= 11 is 9.25. The maximum Gasteiger partial charge on any atom is 0.134 e. The second-order valence-corrected chi connectivity index (χ2v) is 4.42. The first kappa shape index (κ1) is 8.48. The first-order valence-corrected chi connectivity index (χ1v) is 4.89. The van der Waals surface area contributed by atoms with Gasteiger partial charge in [-0.3, -0.25) is 0 Å². The van der Waals surface area contributed by atoms with Gasteiger partial charge in [-0.1, -0.05) is 11.6 Å². The molecule has 1 aromatic heterocycles. The summed E-state index contributed by atoms with van der Waals surface area (Å²) in [7, 11) is 0. The molecule has 0 radical (unpaired) electrons. The average Bonchev–Trinajstić information content (AvgIpc) is 2.75. The summed E-state index contributed by atoms with van der Waals surface area (Å²) in [5.74, 6) is 0. The molecule has 2 nitrogen and oxygen atoms in total. The Hall–Kier alpha value is -0.120. The van der Waals surface area contributed by atoms with Crippen molar-refractivity contribution in [3.05, 3.63) is 27.5 Å². The van der Waals surface area contributed by atoms with Gasteiger partial charge in [0.2, 0.25) is 0 Å². The SMILES string of the molecule is NC1(c2cc(Br)cnc2Cl)CC1. The van der Waals surface area contributed by atoms with Crippen LogP contribution in [0.2, 0.25) is 5.15 Å². The van der Waals surface area contributed by atoms with Crippen LogP contribution in [-0.4, -0.2) is 4.98 Å². The van der Waals surface area contributed by atoms with E-state index in [9.17, 15) is 0 Å². The standard InChI is InChI=1S/C8H8BrClN2/c9-5-3-6(7(10)12-4-5)8(11)1-2-8/h3-4H,1-2,11H2. The van der Waals surface area contributed by atoms with Crippen molar-refractivity contribution in [2.75, 3.05) is 0 Å². The number of rotatable bonds is 1. The lowest BCUT2D eigenvalue weighted by Crippen LogP contribution is -2.19. The number of hydrogen-bond donors (Lipinski definition) is 1. The molecule has 0 spiro atoms. The van der Waals surface area contributed by atoms with Crippen LogP contribution in [0.3, 0.4) is 0 Å². The van der Waals surface area contributed by atoms with E-state index in [4.69, 9.17) is 17.3 Å². The fourth-order valence-electron chi connectivity index (χ4n) is 1.18. The zero-order valence-electron chi connectivity index (χ0n) is 6.35. The molecule has 0 bridgehead atoms. The largest absolute Gasteiger partial charge is 0.321 e. The van der Waals surface area contributed by atoms with E-state index in [0.29, 0.717) is 5.15 Å². The number of nitrogens with zero attached hydrogens (tertiary/aromatic N) is 1. The summed E-state index contributed by atoms with van der Waals surface area (Å²) in [5, 5.41) is 0.526. The van der Waals surface area contributed by atoms with Gasteiger partial charge < -0.3 is 5.73 Å². The highest BCUT2D eigenvalue weighted by atomic mass is 79.9. The Balaban J connectivity index is 2.48. The quantitative estimate of drug-likeness (QED) is 0.774. The van der Waals surface area contributed by atoms with E-state index in [1.54, 1.807) is 6.20 Å². The third kappa shape index (κ3) is 1.37. The lowest BCUT2D eigenvalue weighted by atomic mass is 10.1. The zero-order chi connectivity index (χ0) is 8.77. The molecule has 2 rings (SSSR count). The highest BCUT2D eigenvalue weighted by Gasteiger charge is 2.42. The summed E-state index contributed by atoms with van der Waals surface area (Å²) in [5.41, 5.74) is 6.75. The molecule has 1 fully saturated rings. The minimum atomic E-state index is -0.201. The Morgan fingerprint density at radius 2 is 2.25 bits per heavy atom. The van der Waals surface area contributed by atoms with Gasteiger partial charge in [0.05, 0.1) is 0 Å². The molecule has 1 aromatic rings. The third-order valence-corrected chi connectivity index (χ3v) is 2.87. The fourth-order valence-corrected chi connectivity index (χ4v) is 1.80. The van der Waals surface area contributed by atoms with E-state index in [-0.39, 0.29) is 5.54 Å². The van der Waals surface area contributed by atoms with Gasteiger partial charge >= 0.3 is 0 Å². The molecule has 0 saturated heterocycles. The van der Waals surface area contributed by atoms with E-state index in [1.807, 2.05) is 6.07 Å². The van der Waals surface area contributed by atoms with Crippen molar-refractivity contribution < 1.29 is 0 Å². The summed E-state index contributed by atoms with van der Waals surface area (Å²) in [6, 6.07) is 1.95. The van der Waals surface area contributed by atoms with Gasteiger partial charge in [0.1, 0.15) is 5.15 Å². The number of halogens is 2. The maximum atomic E-state index is 5.99.